The van der Waals surface area contributed by atoms with Gasteiger partial charge in [-0.3, -0.25) is 4.79 Å². The molecule has 2 rings (SSSR count). The number of carbonyl (C=O) groups is 1. The lowest BCUT2D eigenvalue weighted by Gasteiger charge is -2.05. The first-order chi connectivity index (χ1) is 9.65. The molecule has 0 aliphatic heterocycles. The summed E-state index contributed by atoms with van der Waals surface area (Å²) >= 11 is 1.39. The van der Waals surface area contributed by atoms with E-state index in [2.05, 4.69) is 4.72 Å². The van der Waals surface area contributed by atoms with Gasteiger partial charge in [0.25, 0.3) is 0 Å². The third-order valence-electron chi connectivity index (χ3n) is 2.39. The zero-order valence-electron chi connectivity index (χ0n) is 11.8. The minimum Gasteiger partial charge on any atom is -0.326 e. The highest BCUT2D eigenvalue weighted by Crippen LogP contribution is 2.21. The predicted octanol–water partition coefficient (Wildman–Crippen LogP) is 5.17. The van der Waals surface area contributed by atoms with Crippen molar-refractivity contribution in [3.8, 4) is 0 Å². The summed E-state index contributed by atoms with van der Waals surface area (Å²) in [5, 5.41) is 0. The van der Waals surface area contributed by atoms with Gasteiger partial charge >= 0.3 is 0 Å². The Hall–Kier alpha value is -1.81. The Morgan fingerprint density at radius 1 is 1.00 bits per heavy atom. The van der Waals surface area contributed by atoms with E-state index < -0.39 is 0 Å². The number of Topliss-reactive ketones (excluding diaryl/α,β-unsaturated/α-hetero) is 1. The van der Waals surface area contributed by atoms with Crippen LogP contribution in [0.5, 0.6) is 0 Å². The minimum atomic E-state index is -0.245. The van der Waals surface area contributed by atoms with Gasteiger partial charge in [-0.15, -0.1) is 0 Å². The molecule has 0 aliphatic carbocycles. The highest BCUT2D eigenvalue weighted by atomic mass is 32.2. The van der Waals surface area contributed by atoms with Gasteiger partial charge in [-0.05, 0) is 67.4 Å². The van der Waals surface area contributed by atoms with E-state index in [0.717, 1.165) is 10.6 Å². The number of hydrogen-bond donors (Lipinski definition) is 1. The molecule has 1 N–H and O–H groups in total. The summed E-state index contributed by atoms with van der Waals surface area (Å²) in [5.74, 6) is -0.196. The maximum absolute atomic E-state index is 12.7. The SMILES string of the molecule is CC.CC(=O)c1ccc(NSc2ccc(F)cc2)cc1. The largest absolute Gasteiger partial charge is 0.326 e. The first-order valence-corrected chi connectivity index (χ1v) is 7.26. The molecule has 0 fully saturated rings. The van der Waals surface area contributed by atoms with Gasteiger partial charge < -0.3 is 4.72 Å². The van der Waals surface area contributed by atoms with E-state index in [1.807, 2.05) is 26.0 Å². The van der Waals surface area contributed by atoms with Crippen molar-refractivity contribution in [3.05, 3.63) is 59.9 Å². The molecule has 0 atom stereocenters. The summed E-state index contributed by atoms with van der Waals surface area (Å²) in [5.41, 5.74) is 1.58. The Kier molecular flexibility index (Phi) is 6.81. The number of carbonyl (C=O) groups excluding carboxylic acids is 1. The van der Waals surface area contributed by atoms with Crippen LogP contribution in [0, 0.1) is 5.82 Å². The number of nitrogens with one attached hydrogen (secondary N) is 1. The van der Waals surface area contributed by atoms with E-state index in [9.17, 15) is 9.18 Å². The van der Waals surface area contributed by atoms with Crippen LogP contribution < -0.4 is 4.72 Å². The molecule has 2 nitrogen and oxygen atoms in total. The Morgan fingerprint density at radius 2 is 1.55 bits per heavy atom. The Morgan fingerprint density at radius 3 is 2.05 bits per heavy atom. The van der Waals surface area contributed by atoms with Gasteiger partial charge in [-0.1, -0.05) is 13.8 Å². The van der Waals surface area contributed by atoms with Crippen LogP contribution in [-0.4, -0.2) is 5.78 Å². The second-order valence-electron chi connectivity index (χ2n) is 3.79. The second-order valence-corrected chi connectivity index (χ2v) is 4.67. The third-order valence-corrected chi connectivity index (χ3v) is 3.24. The van der Waals surface area contributed by atoms with E-state index in [-0.39, 0.29) is 11.6 Å². The maximum Gasteiger partial charge on any atom is 0.159 e. The monoisotopic (exact) mass is 291 g/mol. The summed E-state index contributed by atoms with van der Waals surface area (Å²) in [7, 11) is 0. The Balaban J connectivity index is 0.000000956. The summed E-state index contributed by atoms with van der Waals surface area (Å²) in [4.78, 5) is 12.0. The molecule has 106 valence electrons. The van der Waals surface area contributed by atoms with Gasteiger partial charge in [0.05, 0.1) is 0 Å². The van der Waals surface area contributed by atoms with E-state index in [1.165, 1.54) is 31.0 Å². The van der Waals surface area contributed by atoms with Gasteiger partial charge in [-0.2, -0.15) is 0 Å². The summed E-state index contributed by atoms with van der Waals surface area (Å²) in [6, 6.07) is 13.5. The summed E-state index contributed by atoms with van der Waals surface area (Å²) < 4.78 is 15.8. The molecular formula is C16H18FNOS. The zero-order valence-corrected chi connectivity index (χ0v) is 12.6. The molecule has 0 heterocycles. The van der Waals surface area contributed by atoms with Crippen molar-refractivity contribution in [1.29, 1.82) is 0 Å². The van der Waals surface area contributed by atoms with Crippen LogP contribution >= 0.6 is 11.9 Å². The van der Waals surface area contributed by atoms with E-state index in [0.29, 0.717) is 5.56 Å². The smallest absolute Gasteiger partial charge is 0.159 e. The van der Waals surface area contributed by atoms with Gasteiger partial charge in [0.1, 0.15) is 5.82 Å². The first-order valence-electron chi connectivity index (χ1n) is 6.44. The number of rotatable bonds is 4. The molecule has 0 saturated heterocycles. The number of ketones is 1. The highest BCUT2D eigenvalue weighted by molar-refractivity contribution is 8.00. The molecule has 20 heavy (non-hydrogen) atoms. The molecule has 0 saturated carbocycles. The number of halogens is 1. The van der Waals surface area contributed by atoms with Crippen LogP contribution in [0.4, 0.5) is 10.1 Å². The van der Waals surface area contributed by atoms with Crippen molar-refractivity contribution in [2.45, 2.75) is 25.7 Å². The van der Waals surface area contributed by atoms with Crippen LogP contribution in [0.1, 0.15) is 31.1 Å². The van der Waals surface area contributed by atoms with Crippen molar-refractivity contribution in [1.82, 2.24) is 0 Å². The highest BCUT2D eigenvalue weighted by Gasteiger charge is 1.99. The van der Waals surface area contributed by atoms with Gasteiger partial charge in [0, 0.05) is 16.1 Å². The standard InChI is InChI=1S/C14H12FNOS.C2H6/c1-10(17)11-2-6-13(7-3-11)16-18-14-8-4-12(15)5-9-14;1-2/h2-9,16H,1H3;1-2H3. The van der Waals surface area contributed by atoms with Crippen LogP contribution in [0.3, 0.4) is 0 Å². The zero-order chi connectivity index (χ0) is 15.0. The maximum atomic E-state index is 12.7. The van der Waals surface area contributed by atoms with Gasteiger partial charge in [0.2, 0.25) is 0 Å². The molecule has 0 aliphatic rings. The topological polar surface area (TPSA) is 29.1 Å². The average Bonchev–Trinajstić information content (AvgIpc) is 2.49. The van der Waals surface area contributed by atoms with Crippen molar-refractivity contribution in [2.75, 3.05) is 4.72 Å². The second kappa shape index (κ2) is 8.38. The molecule has 2 aromatic rings. The molecule has 4 heteroatoms. The minimum absolute atomic E-state index is 0.0488. The summed E-state index contributed by atoms with van der Waals surface area (Å²) in [6.45, 7) is 5.54. The number of benzene rings is 2. The predicted molar refractivity (Wildman–Crippen MR) is 83.7 cm³/mol. The van der Waals surface area contributed by atoms with E-state index >= 15 is 0 Å². The van der Waals surface area contributed by atoms with Crippen molar-refractivity contribution >= 4 is 23.4 Å². The molecule has 0 radical (unpaired) electrons. The van der Waals surface area contributed by atoms with Crippen LogP contribution in [0.15, 0.2) is 53.4 Å². The van der Waals surface area contributed by atoms with Crippen LogP contribution in [0.25, 0.3) is 0 Å². The Bertz CT molecular complexity index is 537. The molecule has 0 aromatic heterocycles. The van der Waals surface area contributed by atoms with Crippen molar-refractivity contribution in [3.63, 3.8) is 0 Å². The molecule has 0 unspecified atom stereocenters. The third kappa shape index (κ3) is 5.05. The lowest BCUT2D eigenvalue weighted by molar-refractivity contribution is 0.101. The summed E-state index contributed by atoms with van der Waals surface area (Å²) in [6.07, 6.45) is 0. The molecule has 0 spiro atoms. The van der Waals surface area contributed by atoms with Crippen LogP contribution in [0.2, 0.25) is 0 Å². The van der Waals surface area contributed by atoms with E-state index in [1.54, 1.807) is 24.3 Å². The fourth-order valence-electron chi connectivity index (χ4n) is 1.39. The quantitative estimate of drug-likeness (QED) is 0.622. The Labute approximate surface area is 123 Å². The average molecular weight is 291 g/mol. The molecule has 2 aromatic carbocycles. The molecule has 0 amide bonds. The lowest BCUT2D eigenvalue weighted by Crippen LogP contribution is -1.92. The first kappa shape index (κ1) is 16.2. The number of hydrogen-bond acceptors (Lipinski definition) is 3. The van der Waals surface area contributed by atoms with Gasteiger partial charge in [-0.25, -0.2) is 4.39 Å². The number of anilines is 1. The van der Waals surface area contributed by atoms with E-state index in [4.69, 9.17) is 0 Å². The fraction of sp³-hybridized carbons (Fsp3) is 0.188. The van der Waals surface area contributed by atoms with Crippen LogP contribution in [-0.2, 0) is 0 Å². The fourth-order valence-corrected chi connectivity index (χ4v) is 2.04. The molecular weight excluding hydrogens is 273 g/mol. The molecule has 0 bridgehead atoms. The van der Waals surface area contributed by atoms with Crippen molar-refractivity contribution < 1.29 is 9.18 Å². The van der Waals surface area contributed by atoms with Gasteiger partial charge in [0.15, 0.2) is 5.78 Å². The normalized spacial score (nSPS) is 9.40. The van der Waals surface area contributed by atoms with Crippen molar-refractivity contribution in [2.24, 2.45) is 0 Å². The lowest BCUT2D eigenvalue weighted by atomic mass is 10.1.